The number of likely N-dealkylation sites (tertiary alicyclic amines) is 1. The van der Waals surface area contributed by atoms with Crippen LogP contribution in [0.25, 0.3) is 0 Å². The van der Waals surface area contributed by atoms with E-state index in [9.17, 15) is 0 Å². The molecule has 0 N–H and O–H groups in total. The van der Waals surface area contributed by atoms with Crippen LogP contribution >= 0.6 is 0 Å². The SMILES string of the molecule is [Li+].[c-]1ccc2c(c1)CC[C@@H]1[C@H]2CCN1CC1CC1. The fourth-order valence-corrected chi connectivity index (χ4v) is 3.88. The fraction of sp³-hybridized carbons (Fsp3) is 0.625. The molecule has 2 aliphatic carbocycles. The number of rotatable bonds is 2. The van der Waals surface area contributed by atoms with Gasteiger partial charge in [0, 0.05) is 12.6 Å². The zero-order valence-electron chi connectivity index (χ0n) is 11.4. The standard InChI is InChI=1S/C16H20N.Li/c1-2-4-14-13(3-1)7-8-16-15(14)9-10-17(16)11-12-5-6-12;/h2-4,12,15-16H,5-11H2;/q-1;+1/t15-,16+;/m0./s1. The van der Waals surface area contributed by atoms with E-state index < -0.39 is 0 Å². The average molecular weight is 233 g/mol. The molecule has 1 saturated heterocycles. The Labute approximate surface area is 122 Å². The molecule has 0 amide bonds. The normalized spacial score (nSPS) is 30.4. The maximum atomic E-state index is 3.24. The molecule has 1 aliphatic heterocycles. The van der Waals surface area contributed by atoms with E-state index in [-0.39, 0.29) is 18.9 Å². The molecule has 4 rings (SSSR count). The van der Waals surface area contributed by atoms with E-state index in [1.165, 1.54) is 45.2 Å². The minimum atomic E-state index is 0. The summed E-state index contributed by atoms with van der Waals surface area (Å²) in [5, 5.41) is 0. The molecule has 0 spiro atoms. The van der Waals surface area contributed by atoms with Crippen molar-refractivity contribution in [2.45, 2.75) is 44.1 Å². The van der Waals surface area contributed by atoms with E-state index in [1.54, 1.807) is 11.1 Å². The van der Waals surface area contributed by atoms with E-state index in [0.29, 0.717) is 0 Å². The van der Waals surface area contributed by atoms with Crippen LogP contribution in [0.4, 0.5) is 0 Å². The Bertz CT molecular complexity index is 427. The zero-order chi connectivity index (χ0) is 11.2. The van der Waals surface area contributed by atoms with Crippen LogP contribution in [0.5, 0.6) is 0 Å². The molecule has 0 radical (unpaired) electrons. The molecule has 0 unspecified atom stereocenters. The zero-order valence-corrected chi connectivity index (χ0v) is 11.4. The van der Waals surface area contributed by atoms with Crippen LogP contribution < -0.4 is 18.9 Å². The number of hydrogen-bond donors (Lipinski definition) is 0. The second kappa shape index (κ2) is 5.04. The van der Waals surface area contributed by atoms with Gasteiger partial charge in [-0.1, -0.05) is 6.42 Å². The maximum absolute atomic E-state index is 3.24. The van der Waals surface area contributed by atoms with Gasteiger partial charge >= 0.3 is 18.9 Å². The van der Waals surface area contributed by atoms with Gasteiger partial charge in [0.1, 0.15) is 0 Å². The molecule has 0 aromatic heterocycles. The van der Waals surface area contributed by atoms with E-state index in [2.05, 4.69) is 29.2 Å². The van der Waals surface area contributed by atoms with Crippen molar-refractivity contribution in [1.82, 2.24) is 4.90 Å². The summed E-state index contributed by atoms with van der Waals surface area (Å²) in [4.78, 5) is 2.79. The number of aryl methyl sites for hydroxylation is 1. The molecule has 90 valence electrons. The third-order valence-corrected chi connectivity index (χ3v) is 4.95. The van der Waals surface area contributed by atoms with E-state index in [1.807, 2.05) is 0 Å². The first kappa shape index (κ1) is 12.8. The van der Waals surface area contributed by atoms with Gasteiger partial charge in [0.15, 0.2) is 0 Å². The first-order chi connectivity index (χ1) is 8.42. The predicted molar refractivity (Wildman–Crippen MR) is 69.0 cm³/mol. The fourth-order valence-electron chi connectivity index (χ4n) is 3.88. The number of nitrogens with zero attached hydrogens (tertiary/aromatic N) is 1. The Balaban J connectivity index is 0.000001000. The van der Waals surface area contributed by atoms with Crippen LogP contribution in [0.2, 0.25) is 0 Å². The molecule has 1 saturated carbocycles. The van der Waals surface area contributed by atoms with Gasteiger partial charge in [0.05, 0.1) is 0 Å². The predicted octanol–water partition coefficient (Wildman–Crippen LogP) is 0.00489. The Morgan fingerprint density at radius 2 is 2.11 bits per heavy atom. The second-order valence-electron chi connectivity index (χ2n) is 6.06. The van der Waals surface area contributed by atoms with Crippen LogP contribution in [0.3, 0.4) is 0 Å². The molecule has 1 heterocycles. The summed E-state index contributed by atoms with van der Waals surface area (Å²) in [6.45, 7) is 2.72. The summed E-state index contributed by atoms with van der Waals surface area (Å²) in [6.07, 6.45) is 7.00. The second-order valence-corrected chi connectivity index (χ2v) is 6.06. The Kier molecular flexibility index (Phi) is 3.58. The van der Waals surface area contributed by atoms with Crippen LogP contribution in [0.15, 0.2) is 18.2 Å². The van der Waals surface area contributed by atoms with Gasteiger partial charge in [-0.2, -0.15) is 29.8 Å². The third-order valence-electron chi connectivity index (χ3n) is 4.95. The van der Waals surface area contributed by atoms with Crippen molar-refractivity contribution >= 4 is 0 Å². The van der Waals surface area contributed by atoms with Crippen LogP contribution in [-0.4, -0.2) is 24.0 Å². The number of hydrogen-bond acceptors (Lipinski definition) is 1. The smallest absolute Gasteiger partial charge is 0.300 e. The molecular weight excluding hydrogens is 213 g/mol. The Morgan fingerprint density at radius 3 is 2.94 bits per heavy atom. The Hall–Kier alpha value is -0.223. The molecule has 0 bridgehead atoms. The maximum Gasteiger partial charge on any atom is 1.00 e. The molecule has 1 nitrogen and oxygen atoms in total. The van der Waals surface area contributed by atoms with Gasteiger partial charge in [-0.25, -0.2) is 0 Å². The van der Waals surface area contributed by atoms with Crippen molar-refractivity contribution < 1.29 is 18.9 Å². The molecule has 1 aromatic rings. The summed E-state index contributed by atoms with van der Waals surface area (Å²) in [7, 11) is 0. The van der Waals surface area contributed by atoms with Crippen LogP contribution in [0.1, 0.15) is 42.7 Å². The van der Waals surface area contributed by atoms with E-state index in [4.69, 9.17) is 0 Å². The van der Waals surface area contributed by atoms with Gasteiger partial charge in [-0.3, -0.25) is 4.90 Å². The van der Waals surface area contributed by atoms with Crippen LogP contribution in [-0.2, 0) is 6.42 Å². The average Bonchev–Trinajstić information content (AvgIpc) is 3.09. The van der Waals surface area contributed by atoms with Crippen molar-refractivity contribution in [3.63, 3.8) is 0 Å². The summed E-state index contributed by atoms with van der Waals surface area (Å²) in [5.74, 6) is 1.87. The van der Waals surface area contributed by atoms with Gasteiger partial charge in [-0.05, 0) is 44.1 Å². The van der Waals surface area contributed by atoms with E-state index in [0.717, 1.165) is 17.9 Å². The minimum absolute atomic E-state index is 0. The molecule has 1 aromatic carbocycles. The van der Waals surface area contributed by atoms with Crippen molar-refractivity contribution in [3.8, 4) is 0 Å². The quantitative estimate of drug-likeness (QED) is 0.513. The molecular formula is C16H20LiN. The van der Waals surface area contributed by atoms with Crippen molar-refractivity contribution in [2.75, 3.05) is 13.1 Å². The molecule has 2 heteroatoms. The molecule has 2 atom stereocenters. The van der Waals surface area contributed by atoms with Crippen molar-refractivity contribution in [2.24, 2.45) is 5.92 Å². The molecule has 18 heavy (non-hydrogen) atoms. The number of benzene rings is 1. The number of fused-ring (bicyclic) bond motifs is 3. The summed E-state index contributed by atoms with van der Waals surface area (Å²) in [6, 6.07) is 10.7. The summed E-state index contributed by atoms with van der Waals surface area (Å²) >= 11 is 0. The van der Waals surface area contributed by atoms with Gasteiger partial charge in [-0.15, -0.1) is 5.56 Å². The third kappa shape index (κ3) is 2.18. The minimum Gasteiger partial charge on any atom is -0.300 e. The summed E-state index contributed by atoms with van der Waals surface area (Å²) < 4.78 is 0. The van der Waals surface area contributed by atoms with Crippen LogP contribution in [0, 0.1) is 12.0 Å². The monoisotopic (exact) mass is 233 g/mol. The van der Waals surface area contributed by atoms with Gasteiger partial charge < -0.3 is 0 Å². The summed E-state index contributed by atoms with van der Waals surface area (Å²) in [5.41, 5.74) is 3.21. The van der Waals surface area contributed by atoms with Crippen molar-refractivity contribution in [3.05, 3.63) is 35.4 Å². The Morgan fingerprint density at radius 1 is 1.22 bits per heavy atom. The largest absolute Gasteiger partial charge is 1.00 e. The van der Waals surface area contributed by atoms with E-state index >= 15 is 0 Å². The van der Waals surface area contributed by atoms with Crippen molar-refractivity contribution in [1.29, 1.82) is 0 Å². The first-order valence-corrected chi connectivity index (χ1v) is 7.15. The van der Waals surface area contributed by atoms with Gasteiger partial charge in [0.25, 0.3) is 0 Å². The van der Waals surface area contributed by atoms with Gasteiger partial charge in [0.2, 0.25) is 0 Å². The molecule has 2 fully saturated rings. The topological polar surface area (TPSA) is 3.24 Å². The molecule has 3 aliphatic rings. The first-order valence-electron chi connectivity index (χ1n) is 7.15.